The van der Waals surface area contributed by atoms with Crippen LogP contribution in [0.3, 0.4) is 0 Å². The van der Waals surface area contributed by atoms with Crippen molar-refractivity contribution in [1.82, 2.24) is 26.6 Å². The summed E-state index contributed by atoms with van der Waals surface area (Å²) in [5.41, 5.74) is 0. The quantitative estimate of drug-likeness (QED) is 0.447. The zero-order chi connectivity index (χ0) is 18.2. The van der Waals surface area contributed by atoms with E-state index in [1.54, 1.807) is 0 Å². The van der Waals surface area contributed by atoms with Crippen LogP contribution in [0.2, 0.25) is 0 Å². The van der Waals surface area contributed by atoms with Gasteiger partial charge in [-0.1, -0.05) is 19.8 Å². The normalized spacial score (nSPS) is 32.7. The van der Waals surface area contributed by atoms with Crippen molar-refractivity contribution in [2.75, 3.05) is 13.7 Å². The minimum atomic E-state index is -0.305. The molecule has 0 spiro atoms. The van der Waals surface area contributed by atoms with Crippen molar-refractivity contribution in [1.29, 1.82) is 0 Å². The summed E-state index contributed by atoms with van der Waals surface area (Å²) in [7, 11) is 1.39. The number of ether oxygens (including phenoxy) is 1. The molecule has 25 heavy (non-hydrogen) atoms. The molecule has 8 heteroatoms. The molecule has 5 atom stereocenters. The highest BCUT2D eigenvalue weighted by Crippen LogP contribution is 2.23. The van der Waals surface area contributed by atoms with Gasteiger partial charge in [0.15, 0.2) is 0 Å². The molecule has 2 amide bonds. The van der Waals surface area contributed by atoms with Crippen molar-refractivity contribution in [3.63, 3.8) is 0 Å². The Bertz CT molecular complexity index is 448. The highest BCUT2D eigenvalue weighted by Gasteiger charge is 2.27. The second-order valence-electron chi connectivity index (χ2n) is 7.32. The monoisotopic (exact) mass is 355 g/mol. The molecule has 8 nitrogen and oxygen atoms in total. The molecule has 1 aliphatic carbocycles. The maximum atomic E-state index is 12.3. The predicted octanol–water partition coefficient (Wildman–Crippen LogP) is 0.598. The molecule has 1 aliphatic heterocycles. The Balaban J connectivity index is 1.72. The first-order valence-electron chi connectivity index (χ1n) is 9.35. The Morgan fingerprint density at radius 3 is 2.64 bits per heavy atom. The Labute approximate surface area is 150 Å². The van der Waals surface area contributed by atoms with Crippen LogP contribution in [0.4, 0.5) is 4.79 Å². The smallest absolute Gasteiger partial charge is 0.317 e. The fourth-order valence-electron chi connectivity index (χ4n) is 3.62. The average molecular weight is 355 g/mol. The van der Waals surface area contributed by atoms with Crippen LogP contribution in [0, 0.1) is 5.92 Å². The SMILES string of the molecule is COC(=O)CCNC1CC(C)NC(NC(=O)NC2CCCC(C)C2)N1. The number of carbonyl (C=O) groups excluding carboxylic acids is 2. The van der Waals surface area contributed by atoms with Crippen LogP contribution in [0.15, 0.2) is 0 Å². The van der Waals surface area contributed by atoms with E-state index in [1.807, 2.05) is 0 Å². The summed E-state index contributed by atoms with van der Waals surface area (Å²) >= 11 is 0. The molecule has 5 N–H and O–H groups in total. The maximum Gasteiger partial charge on any atom is 0.317 e. The molecule has 144 valence electrons. The molecule has 0 aromatic rings. The molecule has 2 fully saturated rings. The highest BCUT2D eigenvalue weighted by molar-refractivity contribution is 5.74. The first-order valence-corrected chi connectivity index (χ1v) is 9.35. The largest absolute Gasteiger partial charge is 0.469 e. The number of rotatable bonds is 6. The van der Waals surface area contributed by atoms with Gasteiger partial charge < -0.3 is 20.7 Å². The van der Waals surface area contributed by atoms with Crippen molar-refractivity contribution in [3.05, 3.63) is 0 Å². The fraction of sp³-hybridized carbons (Fsp3) is 0.882. The Kier molecular flexibility index (Phi) is 7.92. The van der Waals surface area contributed by atoms with E-state index in [-0.39, 0.29) is 36.5 Å². The van der Waals surface area contributed by atoms with Gasteiger partial charge in [-0.15, -0.1) is 0 Å². The Morgan fingerprint density at radius 1 is 1.12 bits per heavy atom. The zero-order valence-corrected chi connectivity index (χ0v) is 15.6. The van der Waals surface area contributed by atoms with Crippen LogP contribution in [0.5, 0.6) is 0 Å². The van der Waals surface area contributed by atoms with Crippen molar-refractivity contribution in [2.45, 2.75) is 76.9 Å². The number of hydrogen-bond donors (Lipinski definition) is 5. The lowest BCUT2D eigenvalue weighted by Gasteiger charge is -2.37. The summed E-state index contributed by atoms with van der Waals surface area (Å²) in [5.74, 6) is 0.443. The van der Waals surface area contributed by atoms with Crippen molar-refractivity contribution in [3.8, 4) is 0 Å². The minimum absolute atomic E-state index is 0.0286. The van der Waals surface area contributed by atoms with Gasteiger partial charge in [0, 0.05) is 18.6 Å². The molecule has 0 aromatic carbocycles. The molecule has 0 radical (unpaired) electrons. The van der Waals surface area contributed by atoms with E-state index in [4.69, 9.17) is 0 Å². The van der Waals surface area contributed by atoms with Crippen LogP contribution < -0.4 is 26.6 Å². The van der Waals surface area contributed by atoms with Gasteiger partial charge in [0.05, 0.1) is 19.7 Å². The molecular formula is C17H33N5O3. The average Bonchev–Trinajstić information content (AvgIpc) is 2.54. The van der Waals surface area contributed by atoms with Gasteiger partial charge in [-0.25, -0.2) is 4.79 Å². The molecule has 0 bridgehead atoms. The van der Waals surface area contributed by atoms with Crippen molar-refractivity contribution >= 4 is 12.0 Å². The van der Waals surface area contributed by atoms with Crippen molar-refractivity contribution in [2.24, 2.45) is 5.92 Å². The second-order valence-corrected chi connectivity index (χ2v) is 7.32. The van der Waals surface area contributed by atoms with E-state index >= 15 is 0 Å². The first kappa shape index (κ1) is 19.9. The Morgan fingerprint density at radius 2 is 1.92 bits per heavy atom. The van der Waals surface area contributed by atoms with Gasteiger partial charge in [-0.2, -0.15) is 0 Å². The number of esters is 1. The standard InChI is InChI=1S/C17H33N5O3/c1-11-5-4-6-13(9-11)20-17(24)22-16-19-12(2)10-14(21-16)18-8-7-15(23)25-3/h11-14,16,18-19,21H,4-10H2,1-3H3,(H2,20,22,24). The summed E-state index contributed by atoms with van der Waals surface area (Å²) < 4.78 is 4.64. The van der Waals surface area contributed by atoms with Gasteiger partial charge in [0.2, 0.25) is 0 Å². The van der Waals surface area contributed by atoms with Crippen LogP contribution in [0.25, 0.3) is 0 Å². The van der Waals surface area contributed by atoms with Gasteiger partial charge >= 0.3 is 12.0 Å². The van der Waals surface area contributed by atoms with Gasteiger partial charge in [0.1, 0.15) is 6.29 Å². The van der Waals surface area contributed by atoms with Crippen molar-refractivity contribution < 1.29 is 14.3 Å². The number of amides is 2. The summed E-state index contributed by atoms with van der Waals surface area (Å²) in [4.78, 5) is 23.4. The topological polar surface area (TPSA) is 104 Å². The maximum absolute atomic E-state index is 12.3. The third-order valence-corrected chi connectivity index (χ3v) is 4.90. The molecule has 2 rings (SSSR count). The molecule has 0 aromatic heterocycles. The lowest BCUT2D eigenvalue weighted by Crippen LogP contribution is -2.68. The van der Waals surface area contributed by atoms with E-state index in [1.165, 1.54) is 20.0 Å². The summed E-state index contributed by atoms with van der Waals surface area (Å²) in [6.45, 7) is 4.85. The van der Waals surface area contributed by atoms with Crippen LogP contribution in [-0.4, -0.2) is 50.2 Å². The van der Waals surface area contributed by atoms with Crippen LogP contribution >= 0.6 is 0 Å². The molecular weight excluding hydrogens is 322 g/mol. The lowest BCUT2D eigenvalue weighted by molar-refractivity contribution is -0.140. The number of urea groups is 1. The second kappa shape index (κ2) is 9.94. The van der Waals surface area contributed by atoms with Crippen LogP contribution in [0.1, 0.15) is 52.4 Å². The number of carbonyl (C=O) groups is 2. The molecule has 1 saturated heterocycles. The molecule has 5 unspecified atom stereocenters. The predicted molar refractivity (Wildman–Crippen MR) is 95.6 cm³/mol. The highest BCUT2D eigenvalue weighted by atomic mass is 16.5. The van der Waals surface area contributed by atoms with Gasteiger partial charge in [0.25, 0.3) is 0 Å². The fourth-order valence-corrected chi connectivity index (χ4v) is 3.62. The molecule has 1 saturated carbocycles. The number of methoxy groups -OCH3 is 1. The Hall–Kier alpha value is -1.38. The third kappa shape index (κ3) is 7.17. The van der Waals surface area contributed by atoms with Gasteiger partial charge in [-0.05, 0) is 32.1 Å². The van der Waals surface area contributed by atoms with E-state index in [2.05, 4.69) is 45.2 Å². The lowest BCUT2D eigenvalue weighted by atomic mass is 9.87. The number of nitrogens with one attached hydrogen (secondary N) is 5. The summed E-state index contributed by atoms with van der Waals surface area (Å²) in [6.07, 6.45) is 5.44. The van der Waals surface area contributed by atoms with Crippen LogP contribution in [-0.2, 0) is 9.53 Å². The van der Waals surface area contributed by atoms with E-state index in [0.29, 0.717) is 18.9 Å². The van der Waals surface area contributed by atoms with E-state index in [0.717, 1.165) is 19.3 Å². The summed E-state index contributed by atoms with van der Waals surface area (Å²) in [6, 6.07) is 0.363. The number of hydrogen-bond acceptors (Lipinski definition) is 6. The zero-order valence-electron chi connectivity index (χ0n) is 15.6. The molecule has 1 heterocycles. The van der Waals surface area contributed by atoms with E-state index in [9.17, 15) is 9.59 Å². The molecule has 2 aliphatic rings. The first-order chi connectivity index (χ1) is 12.0. The third-order valence-electron chi connectivity index (χ3n) is 4.90. The minimum Gasteiger partial charge on any atom is -0.469 e. The van der Waals surface area contributed by atoms with Gasteiger partial charge in [-0.3, -0.25) is 15.4 Å². The van der Waals surface area contributed by atoms with E-state index < -0.39 is 0 Å². The summed E-state index contributed by atoms with van der Waals surface area (Å²) in [5, 5.41) is 15.9.